The predicted octanol–water partition coefficient (Wildman–Crippen LogP) is 4.82. The third-order valence-electron chi connectivity index (χ3n) is 2.95. The lowest BCUT2D eigenvalue weighted by atomic mass is 10.0. The number of hydrogen-bond acceptors (Lipinski definition) is 1. The standard InChI is InChI=1S/C15H21ClO/c1-3-4-5-6-7-8-15(17)13-9-10-14(16)12(2)11-13/h3,9-11,15,17H,1,4-8H2,2H3. The fourth-order valence-electron chi connectivity index (χ4n) is 1.84. The number of aryl methyl sites for hydroxylation is 1. The Labute approximate surface area is 109 Å². The summed E-state index contributed by atoms with van der Waals surface area (Å²) < 4.78 is 0. The van der Waals surface area contributed by atoms with Gasteiger partial charge in [-0.3, -0.25) is 0 Å². The fraction of sp³-hybridized carbons (Fsp3) is 0.467. The van der Waals surface area contributed by atoms with Crippen LogP contribution >= 0.6 is 11.6 Å². The lowest BCUT2D eigenvalue weighted by Gasteiger charge is -2.12. The Kier molecular flexibility index (Phi) is 6.31. The van der Waals surface area contributed by atoms with Gasteiger partial charge in [-0.05, 0) is 43.4 Å². The van der Waals surface area contributed by atoms with Crippen LogP contribution < -0.4 is 0 Å². The first-order valence-corrected chi connectivity index (χ1v) is 6.58. The summed E-state index contributed by atoms with van der Waals surface area (Å²) in [6, 6.07) is 5.73. The smallest absolute Gasteiger partial charge is 0.0790 e. The number of unbranched alkanes of at least 4 members (excludes halogenated alkanes) is 3. The Balaban J connectivity index is 2.38. The number of allylic oxidation sites excluding steroid dienone is 1. The van der Waals surface area contributed by atoms with Crippen molar-refractivity contribution >= 4 is 11.6 Å². The van der Waals surface area contributed by atoms with Crippen molar-refractivity contribution in [2.45, 2.75) is 45.1 Å². The third kappa shape index (κ3) is 4.93. The first kappa shape index (κ1) is 14.3. The summed E-state index contributed by atoms with van der Waals surface area (Å²) in [5.74, 6) is 0. The van der Waals surface area contributed by atoms with Crippen molar-refractivity contribution in [2.75, 3.05) is 0 Å². The molecule has 0 fully saturated rings. The van der Waals surface area contributed by atoms with Crippen molar-refractivity contribution in [2.24, 2.45) is 0 Å². The second-order valence-corrected chi connectivity index (χ2v) is 4.86. The van der Waals surface area contributed by atoms with Gasteiger partial charge in [0.05, 0.1) is 6.10 Å². The normalized spacial score (nSPS) is 12.4. The van der Waals surface area contributed by atoms with Gasteiger partial charge >= 0.3 is 0 Å². The van der Waals surface area contributed by atoms with Crippen LogP contribution in [0, 0.1) is 6.92 Å². The molecule has 1 rings (SSSR count). The topological polar surface area (TPSA) is 20.2 Å². The Morgan fingerprint density at radius 2 is 2.12 bits per heavy atom. The van der Waals surface area contributed by atoms with Gasteiger partial charge in [0.1, 0.15) is 0 Å². The van der Waals surface area contributed by atoms with Gasteiger partial charge in [-0.15, -0.1) is 6.58 Å². The van der Waals surface area contributed by atoms with Gasteiger partial charge in [0, 0.05) is 5.02 Å². The predicted molar refractivity (Wildman–Crippen MR) is 74.4 cm³/mol. The van der Waals surface area contributed by atoms with E-state index in [9.17, 15) is 5.11 Å². The molecule has 1 aromatic carbocycles. The van der Waals surface area contributed by atoms with Crippen LogP contribution in [0.4, 0.5) is 0 Å². The molecule has 0 saturated heterocycles. The Hall–Kier alpha value is -0.790. The van der Waals surface area contributed by atoms with Crippen molar-refractivity contribution in [3.05, 3.63) is 47.0 Å². The van der Waals surface area contributed by atoms with E-state index in [4.69, 9.17) is 11.6 Å². The van der Waals surface area contributed by atoms with Gasteiger partial charge in [-0.1, -0.05) is 42.7 Å². The zero-order valence-corrected chi connectivity index (χ0v) is 11.2. The molecule has 94 valence electrons. The van der Waals surface area contributed by atoms with Gasteiger partial charge in [0.15, 0.2) is 0 Å². The maximum absolute atomic E-state index is 10.0. The Morgan fingerprint density at radius 3 is 2.76 bits per heavy atom. The Bertz CT molecular complexity index is 360. The van der Waals surface area contributed by atoms with E-state index in [-0.39, 0.29) is 6.10 Å². The molecule has 17 heavy (non-hydrogen) atoms. The number of benzene rings is 1. The second-order valence-electron chi connectivity index (χ2n) is 4.45. The minimum absolute atomic E-state index is 0.366. The quantitative estimate of drug-likeness (QED) is 0.545. The average molecular weight is 253 g/mol. The summed E-state index contributed by atoms with van der Waals surface area (Å²) in [5.41, 5.74) is 1.99. The molecule has 0 aromatic heterocycles. The van der Waals surface area contributed by atoms with E-state index < -0.39 is 0 Å². The van der Waals surface area contributed by atoms with Crippen LogP contribution in [0.5, 0.6) is 0 Å². The maximum Gasteiger partial charge on any atom is 0.0790 e. The molecule has 2 heteroatoms. The van der Waals surface area contributed by atoms with Crippen molar-refractivity contribution in [1.29, 1.82) is 0 Å². The van der Waals surface area contributed by atoms with Crippen molar-refractivity contribution in [3.8, 4) is 0 Å². The molecule has 0 radical (unpaired) electrons. The van der Waals surface area contributed by atoms with Crippen LogP contribution in [-0.4, -0.2) is 5.11 Å². The summed E-state index contributed by atoms with van der Waals surface area (Å²) in [6.45, 7) is 5.66. The van der Waals surface area contributed by atoms with Crippen LogP contribution in [0.15, 0.2) is 30.9 Å². The lowest BCUT2D eigenvalue weighted by molar-refractivity contribution is 0.163. The zero-order chi connectivity index (χ0) is 12.7. The monoisotopic (exact) mass is 252 g/mol. The molecule has 0 amide bonds. The number of halogens is 1. The third-order valence-corrected chi connectivity index (χ3v) is 3.38. The molecular formula is C15H21ClO. The van der Waals surface area contributed by atoms with Crippen molar-refractivity contribution in [1.82, 2.24) is 0 Å². The van der Waals surface area contributed by atoms with E-state index in [0.717, 1.165) is 48.3 Å². The van der Waals surface area contributed by atoms with Crippen LogP contribution in [0.1, 0.15) is 49.3 Å². The molecule has 0 saturated carbocycles. The fourth-order valence-corrected chi connectivity index (χ4v) is 1.96. The van der Waals surface area contributed by atoms with E-state index in [1.165, 1.54) is 0 Å². The number of aliphatic hydroxyl groups is 1. The molecule has 1 unspecified atom stereocenters. The van der Waals surface area contributed by atoms with E-state index in [0.29, 0.717) is 0 Å². The summed E-state index contributed by atoms with van der Waals surface area (Å²) in [4.78, 5) is 0. The molecule has 0 spiro atoms. The highest BCUT2D eigenvalue weighted by Gasteiger charge is 2.08. The highest BCUT2D eigenvalue weighted by atomic mass is 35.5. The van der Waals surface area contributed by atoms with Gasteiger partial charge in [-0.25, -0.2) is 0 Å². The van der Waals surface area contributed by atoms with Crippen LogP contribution in [0.25, 0.3) is 0 Å². The van der Waals surface area contributed by atoms with Crippen molar-refractivity contribution in [3.63, 3.8) is 0 Å². The lowest BCUT2D eigenvalue weighted by Crippen LogP contribution is -1.98. The summed E-state index contributed by atoms with van der Waals surface area (Å²) in [5, 5.41) is 10.8. The molecule has 0 bridgehead atoms. The zero-order valence-electron chi connectivity index (χ0n) is 10.5. The molecule has 0 heterocycles. The maximum atomic E-state index is 10.0. The van der Waals surface area contributed by atoms with Crippen molar-refractivity contribution < 1.29 is 5.11 Å². The second kappa shape index (κ2) is 7.52. The average Bonchev–Trinajstić information content (AvgIpc) is 2.32. The highest BCUT2D eigenvalue weighted by Crippen LogP contribution is 2.24. The molecule has 0 aliphatic carbocycles. The van der Waals surface area contributed by atoms with Gasteiger partial charge in [0.25, 0.3) is 0 Å². The summed E-state index contributed by atoms with van der Waals surface area (Å²) in [6.07, 6.45) is 6.82. The number of rotatable bonds is 7. The molecule has 0 aliphatic rings. The molecule has 0 aliphatic heterocycles. The van der Waals surface area contributed by atoms with E-state index in [1.54, 1.807) is 0 Å². The van der Waals surface area contributed by atoms with E-state index in [2.05, 4.69) is 6.58 Å². The van der Waals surface area contributed by atoms with Crippen LogP contribution in [0.3, 0.4) is 0 Å². The summed E-state index contributed by atoms with van der Waals surface area (Å²) in [7, 11) is 0. The van der Waals surface area contributed by atoms with E-state index in [1.807, 2.05) is 31.2 Å². The minimum Gasteiger partial charge on any atom is -0.388 e. The molecular weight excluding hydrogens is 232 g/mol. The first-order valence-electron chi connectivity index (χ1n) is 6.20. The molecule has 1 aromatic rings. The Morgan fingerprint density at radius 1 is 1.35 bits per heavy atom. The first-order chi connectivity index (χ1) is 8.15. The molecule has 1 atom stereocenters. The SMILES string of the molecule is C=CCCCCCC(O)c1ccc(Cl)c(C)c1. The minimum atomic E-state index is -0.366. The van der Waals surface area contributed by atoms with Crippen LogP contribution in [-0.2, 0) is 0 Å². The number of aliphatic hydroxyl groups excluding tert-OH is 1. The van der Waals surface area contributed by atoms with Crippen LogP contribution in [0.2, 0.25) is 5.02 Å². The van der Waals surface area contributed by atoms with Gasteiger partial charge < -0.3 is 5.11 Å². The summed E-state index contributed by atoms with van der Waals surface area (Å²) >= 11 is 5.96. The van der Waals surface area contributed by atoms with Gasteiger partial charge in [0.2, 0.25) is 0 Å². The molecule has 1 N–H and O–H groups in total. The number of hydrogen-bond donors (Lipinski definition) is 1. The van der Waals surface area contributed by atoms with Gasteiger partial charge in [-0.2, -0.15) is 0 Å². The largest absolute Gasteiger partial charge is 0.388 e. The van der Waals surface area contributed by atoms with E-state index >= 15 is 0 Å². The molecule has 1 nitrogen and oxygen atoms in total. The highest BCUT2D eigenvalue weighted by molar-refractivity contribution is 6.31.